The molecule has 0 aromatic carbocycles. The van der Waals surface area contributed by atoms with Gasteiger partial charge in [0.1, 0.15) is 0 Å². The third-order valence-electron chi connectivity index (χ3n) is 3.03. The van der Waals surface area contributed by atoms with Crippen LogP contribution in [0, 0.1) is 0 Å². The van der Waals surface area contributed by atoms with E-state index < -0.39 is 5.60 Å². The van der Waals surface area contributed by atoms with Gasteiger partial charge in [-0.15, -0.1) is 0 Å². The van der Waals surface area contributed by atoms with Gasteiger partial charge in [-0.1, -0.05) is 12.8 Å². The lowest BCUT2D eigenvalue weighted by atomic mass is 9.74. The topological polar surface area (TPSA) is 33.1 Å². The van der Waals surface area contributed by atoms with Crippen LogP contribution >= 0.6 is 11.5 Å². The Labute approximate surface area is 82.8 Å². The predicted octanol–water partition coefficient (Wildman–Crippen LogP) is 2.55. The molecule has 2 unspecified atom stereocenters. The van der Waals surface area contributed by atoms with Crippen molar-refractivity contribution in [3.05, 3.63) is 17.1 Å². The van der Waals surface area contributed by atoms with Crippen molar-refractivity contribution in [3.8, 4) is 0 Å². The maximum atomic E-state index is 10.2. The van der Waals surface area contributed by atoms with Crippen LogP contribution in [0.4, 0.5) is 0 Å². The largest absolute Gasteiger partial charge is 0.390 e. The first-order valence-electron chi connectivity index (χ1n) is 4.82. The van der Waals surface area contributed by atoms with Crippen LogP contribution in [-0.4, -0.2) is 15.1 Å². The van der Waals surface area contributed by atoms with Gasteiger partial charge in [-0.2, -0.15) is 0 Å². The zero-order valence-corrected chi connectivity index (χ0v) is 8.68. The molecule has 0 aliphatic heterocycles. The molecule has 1 aromatic heterocycles. The second kappa shape index (κ2) is 3.39. The minimum Gasteiger partial charge on any atom is -0.390 e. The molecule has 72 valence electrons. The minimum atomic E-state index is -0.513. The van der Waals surface area contributed by atoms with E-state index in [9.17, 15) is 5.11 Å². The molecule has 1 aliphatic carbocycles. The Kier molecular flexibility index (Phi) is 2.39. The van der Waals surface area contributed by atoms with E-state index in [1.807, 2.05) is 13.1 Å². The van der Waals surface area contributed by atoms with Crippen LogP contribution in [-0.2, 0) is 0 Å². The van der Waals surface area contributed by atoms with Gasteiger partial charge in [0.2, 0.25) is 0 Å². The molecule has 2 nitrogen and oxygen atoms in total. The Balaban J connectivity index is 2.21. The van der Waals surface area contributed by atoms with Crippen LogP contribution in [0.15, 0.2) is 11.6 Å². The van der Waals surface area contributed by atoms with Crippen LogP contribution in [0.5, 0.6) is 0 Å². The summed E-state index contributed by atoms with van der Waals surface area (Å²) in [5.74, 6) is 0.306. The standard InChI is InChI=1S/C10H15NOS/c1-10(12)5-3-2-4-9(10)8-6-11-13-7-8/h6-7,9,12H,2-5H2,1H3. The SMILES string of the molecule is CC1(O)CCCCC1c1cnsc1. The van der Waals surface area contributed by atoms with E-state index >= 15 is 0 Å². The number of aliphatic hydroxyl groups is 1. The first-order chi connectivity index (χ1) is 6.20. The van der Waals surface area contributed by atoms with Crippen molar-refractivity contribution < 1.29 is 5.11 Å². The zero-order chi connectivity index (χ0) is 9.31. The summed E-state index contributed by atoms with van der Waals surface area (Å²) in [5, 5.41) is 12.2. The highest BCUT2D eigenvalue weighted by atomic mass is 32.1. The maximum absolute atomic E-state index is 10.2. The van der Waals surface area contributed by atoms with Crippen molar-refractivity contribution in [1.29, 1.82) is 0 Å². The minimum absolute atomic E-state index is 0.306. The summed E-state index contributed by atoms with van der Waals surface area (Å²) in [6, 6.07) is 0. The van der Waals surface area contributed by atoms with E-state index in [4.69, 9.17) is 0 Å². The molecule has 0 spiro atoms. The summed E-state index contributed by atoms with van der Waals surface area (Å²) in [4.78, 5) is 0. The van der Waals surface area contributed by atoms with Gasteiger partial charge < -0.3 is 5.11 Å². The lowest BCUT2D eigenvalue weighted by molar-refractivity contribution is 0.000730. The van der Waals surface area contributed by atoms with Crippen LogP contribution in [0.2, 0.25) is 0 Å². The maximum Gasteiger partial charge on any atom is 0.0688 e. The molecule has 2 atom stereocenters. The summed E-state index contributed by atoms with van der Waals surface area (Å²) in [7, 11) is 0. The summed E-state index contributed by atoms with van der Waals surface area (Å²) in [5.41, 5.74) is 0.704. The normalized spacial score (nSPS) is 34.8. The van der Waals surface area contributed by atoms with Crippen molar-refractivity contribution in [2.24, 2.45) is 0 Å². The van der Waals surface area contributed by atoms with E-state index in [1.165, 1.54) is 23.5 Å². The van der Waals surface area contributed by atoms with Crippen molar-refractivity contribution >= 4 is 11.5 Å². The molecule has 1 fully saturated rings. The van der Waals surface area contributed by atoms with Crippen molar-refractivity contribution in [2.45, 2.75) is 44.1 Å². The molecule has 0 amide bonds. The molecular weight excluding hydrogens is 182 g/mol. The van der Waals surface area contributed by atoms with E-state index in [-0.39, 0.29) is 0 Å². The molecule has 1 heterocycles. The molecule has 2 rings (SSSR count). The third kappa shape index (κ3) is 1.76. The zero-order valence-electron chi connectivity index (χ0n) is 7.86. The molecule has 13 heavy (non-hydrogen) atoms. The Bertz CT molecular complexity index is 268. The van der Waals surface area contributed by atoms with Crippen LogP contribution in [0.1, 0.15) is 44.1 Å². The Morgan fingerprint density at radius 3 is 3.08 bits per heavy atom. The number of hydrogen-bond acceptors (Lipinski definition) is 3. The number of rotatable bonds is 1. The second-order valence-corrected chi connectivity index (χ2v) is 4.77. The third-order valence-corrected chi connectivity index (χ3v) is 3.63. The van der Waals surface area contributed by atoms with Crippen LogP contribution in [0.25, 0.3) is 0 Å². The summed E-state index contributed by atoms with van der Waals surface area (Å²) in [6.07, 6.45) is 6.31. The van der Waals surface area contributed by atoms with Gasteiger partial charge in [-0.25, -0.2) is 4.37 Å². The highest BCUT2D eigenvalue weighted by Gasteiger charge is 2.35. The van der Waals surface area contributed by atoms with Gasteiger partial charge in [0.25, 0.3) is 0 Å². The van der Waals surface area contributed by atoms with E-state index in [1.54, 1.807) is 0 Å². The lowest BCUT2D eigenvalue weighted by Gasteiger charge is -2.36. The van der Waals surface area contributed by atoms with Crippen LogP contribution in [0.3, 0.4) is 0 Å². The van der Waals surface area contributed by atoms with Gasteiger partial charge in [0, 0.05) is 17.5 Å². The second-order valence-electron chi connectivity index (χ2n) is 4.11. The number of hydrogen-bond donors (Lipinski definition) is 1. The lowest BCUT2D eigenvalue weighted by Crippen LogP contribution is -2.35. The predicted molar refractivity (Wildman–Crippen MR) is 53.9 cm³/mol. The number of nitrogens with zero attached hydrogens (tertiary/aromatic N) is 1. The van der Waals surface area contributed by atoms with Gasteiger partial charge in [-0.05, 0) is 36.9 Å². The summed E-state index contributed by atoms with van der Waals surface area (Å²) >= 11 is 1.47. The van der Waals surface area contributed by atoms with Gasteiger partial charge in [0.05, 0.1) is 5.60 Å². The van der Waals surface area contributed by atoms with Crippen molar-refractivity contribution in [3.63, 3.8) is 0 Å². The average Bonchev–Trinajstić information content (AvgIpc) is 2.55. The molecule has 0 radical (unpaired) electrons. The summed E-state index contributed by atoms with van der Waals surface area (Å²) in [6.45, 7) is 1.95. The fourth-order valence-electron chi connectivity index (χ4n) is 2.23. The molecule has 0 bridgehead atoms. The van der Waals surface area contributed by atoms with Gasteiger partial charge in [-0.3, -0.25) is 0 Å². The fraction of sp³-hybridized carbons (Fsp3) is 0.700. The average molecular weight is 197 g/mol. The molecule has 1 saturated carbocycles. The molecule has 1 aliphatic rings. The van der Waals surface area contributed by atoms with Crippen LogP contribution < -0.4 is 0 Å². The Morgan fingerprint density at radius 1 is 1.62 bits per heavy atom. The highest BCUT2D eigenvalue weighted by molar-refractivity contribution is 7.03. The number of aromatic nitrogens is 1. The summed E-state index contributed by atoms with van der Waals surface area (Å²) < 4.78 is 4.09. The van der Waals surface area contributed by atoms with Crippen molar-refractivity contribution in [1.82, 2.24) is 4.37 Å². The fourth-order valence-corrected chi connectivity index (χ4v) is 2.82. The smallest absolute Gasteiger partial charge is 0.0688 e. The van der Waals surface area contributed by atoms with Crippen molar-refractivity contribution in [2.75, 3.05) is 0 Å². The molecule has 0 saturated heterocycles. The molecular formula is C10H15NOS. The van der Waals surface area contributed by atoms with Gasteiger partial charge in [0.15, 0.2) is 0 Å². The Hall–Kier alpha value is -0.410. The van der Waals surface area contributed by atoms with E-state index in [2.05, 4.69) is 9.75 Å². The molecule has 1 N–H and O–H groups in total. The Morgan fingerprint density at radius 2 is 2.46 bits per heavy atom. The van der Waals surface area contributed by atoms with E-state index in [0.29, 0.717) is 5.92 Å². The van der Waals surface area contributed by atoms with Gasteiger partial charge >= 0.3 is 0 Å². The highest BCUT2D eigenvalue weighted by Crippen LogP contribution is 2.40. The first kappa shape index (κ1) is 9.16. The molecule has 1 aromatic rings. The molecule has 3 heteroatoms. The van der Waals surface area contributed by atoms with E-state index in [0.717, 1.165) is 19.3 Å². The monoisotopic (exact) mass is 197 g/mol. The first-order valence-corrected chi connectivity index (χ1v) is 5.65. The quantitative estimate of drug-likeness (QED) is 0.750.